The van der Waals surface area contributed by atoms with Crippen LogP contribution in [0.15, 0.2) is 0 Å². The van der Waals surface area contributed by atoms with Crippen molar-refractivity contribution in [2.75, 3.05) is 24.7 Å². The first-order valence-electron chi connectivity index (χ1n) is 6.49. The molecule has 0 aromatic heterocycles. The SMILES string of the molecule is CC(C)OC(=O)OCCS(=O)(=O)CCOC(=O)OC(C)C. The number of carbonyl (C=O) groups excluding carboxylic acids is 2. The normalized spacial score (nSPS) is 11.3. The van der Waals surface area contributed by atoms with E-state index in [-0.39, 0.29) is 36.9 Å². The second-order valence-corrected chi connectivity index (χ2v) is 6.99. The summed E-state index contributed by atoms with van der Waals surface area (Å²) in [5.74, 6) is -0.744. The molecule has 0 saturated heterocycles. The highest BCUT2D eigenvalue weighted by molar-refractivity contribution is 7.91. The third-order valence-electron chi connectivity index (χ3n) is 1.89. The fraction of sp³-hybridized carbons (Fsp3) is 0.833. The molecule has 0 bridgehead atoms. The fourth-order valence-corrected chi connectivity index (χ4v) is 1.94. The number of sulfone groups is 1. The largest absolute Gasteiger partial charge is 0.508 e. The van der Waals surface area contributed by atoms with Gasteiger partial charge >= 0.3 is 12.3 Å². The summed E-state index contributed by atoms with van der Waals surface area (Å²) >= 11 is 0. The van der Waals surface area contributed by atoms with Crippen LogP contribution >= 0.6 is 0 Å². The van der Waals surface area contributed by atoms with Crippen LogP contribution in [0.25, 0.3) is 0 Å². The maximum absolute atomic E-state index is 11.6. The van der Waals surface area contributed by atoms with Crippen molar-refractivity contribution in [2.24, 2.45) is 0 Å². The molecular weight excluding hydrogens is 304 g/mol. The first-order chi connectivity index (χ1) is 9.62. The van der Waals surface area contributed by atoms with Gasteiger partial charge in [-0.3, -0.25) is 0 Å². The lowest BCUT2D eigenvalue weighted by Gasteiger charge is -2.10. The van der Waals surface area contributed by atoms with Crippen LogP contribution in [-0.4, -0.2) is 57.7 Å². The minimum Gasteiger partial charge on any atom is -0.433 e. The third-order valence-corrected chi connectivity index (χ3v) is 3.47. The number of rotatable bonds is 8. The zero-order chi connectivity index (χ0) is 16.5. The molecule has 8 nitrogen and oxygen atoms in total. The summed E-state index contributed by atoms with van der Waals surface area (Å²) in [4.78, 5) is 22.0. The van der Waals surface area contributed by atoms with Crippen molar-refractivity contribution < 1.29 is 37.0 Å². The van der Waals surface area contributed by atoms with Gasteiger partial charge in [0.05, 0.1) is 23.7 Å². The summed E-state index contributed by atoms with van der Waals surface area (Å²) < 4.78 is 41.7. The topological polar surface area (TPSA) is 105 Å². The summed E-state index contributed by atoms with van der Waals surface area (Å²) in [7, 11) is -3.50. The Morgan fingerprint density at radius 1 is 0.810 bits per heavy atom. The van der Waals surface area contributed by atoms with Crippen molar-refractivity contribution in [3.05, 3.63) is 0 Å². The van der Waals surface area contributed by atoms with Gasteiger partial charge in [-0.05, 0) is 27.7 Å². The molecule has 0 amide bonds. The van der Waals surface area contributed by atoms with Crippen LogP contribution < -0.4 is 0 Å². The Hall–Kier alpha value is -1.51. The predicted octanol–water partition coefficient (Wildman–Crippen LogP) is 1.52. The molecule has 0 saturated carbocycles. The monoisotopic (exact) mass is 326 g/mol. The van der Waals surface area contributed by atoms with E-state index in [4.69, 9.17) is 0 Å². The van der Waals surface area contributed by atoms with Crippen LogP contribution in [0.2, 0.25) is 0 Å². The molecule has 21 heavy (non-hydrogen) atoms. The molecule has 0 aliphatic heterocycles. The lowest BCUT2D eigenvalue weighted by molar-refractivity contribution is 0.0380. The van der Waals surface area contributed by atoms with Crippen molar-refractivity contribution in [2.45, 2.75) is 39.9 Å². The highest BCUT2D eigenvalue weighted by Crippen LogP contribution is 1.98. The molecule has 0 radical (unpaired) electrons. The Labute approximate surface area is 124 Å². The van der Waals surface area contributed by atoms with Gasteiger partial charge in [-0.1, -0.05) is 0 Å². The minimum absolute atomic E-state index is 0.315. The van der Waals surface area contributed by atoms with Gasteiger partial charge < -0.3 is 18.9 Å². The third kappa shape index (κ3) is 12.0. The van der Waals surface area contributed by atoms with E-state index in [1.54, 1.807) is 27.7 Å². The van der Waals surface area contributed by atoms with E-state index in [9.17, 15) is 18.0 Å². The van der Waals surface area contributed by atoms with E-state index in [1.807, 2.05) is 0 Å². The Kier molecular flexibility index (Phi) is 8.75. The van der Waals surface area contributed by atoms with Crippen molar-refractivity contribution >= 4 is 22.1 Å². The van der Waals surface area contributed by atoms with Crippen molar-refractivity contribution in [3.8, 4) is 0 Å². The molecule has 0 rings (SSSR count). The lowest BCUT2D eigenvalue weighted by Crippen LogP contribution is -2.23. The zero-order valence-corrected chi connectivity index (χ0v) is 13.5. The van der Waals surface area contributed by atoms with Gasteiger partial charge in [-0.2, -0.15) is 0 Å². The Balaban J connectivity index is 3.89. The molecule has 124 valence electrons. The quantitative estimate of drug-likeness (QED) is 0.618. The van der Waals surface area contributed by atoms with E-state index in [1.165, 1.54) is 0 Å². The van der Waals surface area contributed by atoms with Crippen molar-refractivity contribution in [1.29, 1.82) is 0 Å². The molecule has 0 spiro atoms. The Bertz CT molecular complexity index is 393. The minimum atomic E-state index is -3.50. The Morgan fingerprint density at radius 3 is 1.43 bits per heavy atom. The molecule has 0 aliphatic rings. The molecule has 0 aliphatic carbocycles. The van der Waals surface area contributed by atoms with Gasteiger partial charge in [0.15, 0.2) is 9.84 Å². The smallest absolute Gasteiger partial charge is 0.433 e. The number of hydrogen-bond acceptors (Lipinski definition) is 8. The zero-order valence-electron chi connectivity index (χ0n) is 12.7. The molecule has 0 aromatic rings. The second kappa shape index (κ2) is 9.43. The number of carbonyl (C=O) groups is 2. The van der Waals surface area contributed by atoms with Gasteiger partial charge in [-0.25, -0.2) is 18.0 Å². The van der Waals surface area contributed by atoms with Gasteiger partial charge in [-0.15, -0.1) is 0 Å². The van der Waals surface area contributed by atoms with Gasteiger partial charge in [0.1, 0.15) is 13.2 Å². The first kappa shape index (κ1) is 19.5. The molecule has 0 aromatic carbocycles. The highest BCUT2D eigenvalue weighted by atomic mass is 32.2. The van der Waals surface area contributed by atoms with E-state index in [0.29, 0.717) is 0 Å². The first-order valence-corrected chi connectivity index (χ1v) is 8.31. The maximum Gasteiger partial charge on any atom is 0.508 e. The molecule has 0 fully saturated rings. The van der Waals surface area contributed by atoms with Crippen LogP contribution in [0.5, 0.6) is 0 Å². The second-order valence-electron chi connectivity index (χ2n) is 4.68. The lowest BCUT2D eigenvalue weighted by atomic mass is 10.5. The summed E-state index contributed by atoms with van der Waals surface area (Å²) in [6.07, 6.45) is -2.52. The van der Waals surface area contributed by atoms with Crippen LogP contribution in [-0.2, 0) is 28.8 Å². The molecule has 9 heteroatoms. The van der Waals surface area contributed by atoms with E-state index in [2.05, 4.69) is 18.9 Å². The molecule has 0 atom stereocenters. The molecule has 0 N–H and O–H groups in total. The Morgan fingerprint density at radius 2 is 1.14 bits per heavy atom. The van der Waals surface area contributed by atoms with Gasteiger partial charge in [0, 0.05) is 0 Å². The molecular formula is C12H22O8S. The number of ether oxygens (including phenoxy) is 4. The van der Waals surface area contributed by atoms with Gasteiger partial charge in [0.25, 0.3) is 0 Å². The number of hydrogen-bond donors (Lipinski definition) is 0. The van der Waals surface area contributed by atoms with Crippen molar-refractivity contribution in [1.82, 2.24) is 0 Å². The average molecular weight is 326 g/mol. The van der Waals surface area contributed by atoms with E-state index in [0.717, 1.165) is 0 Å². The fourth-order valence-electron chi connectivity index (χ4n) is 1.06. The van der Waals surface area contributed by atoms with Crippen LogP contribution in [0, 0.1) is 0 Å². The van der Waals surface area contributed by atoms with E-state index >= 15 is 0 Å². The van der Waals surface area contributed by atoms with Crippen LogP contribution in [0.4, 0.5) is 9.59 Å². The summed E-state index contributed by atoms with van der Waals surface area (Å²) in [6, 6.07) is 0. The van der Waals surface area contributed by atoms with Crippen molar-refractivity contribution in [3.63, 3.8) is 0 Å². The van der Waals surface area contributed by atoms with E-state index < -0.39 is 22.1 Å². The summed E-state index contributed by atoms with van der Waals surface area (Å²) in [5.41, 5.74) is 0. The summed E-state index contributed by atoms with van der Waals surface area (Å²) in [6.45, 7) is 5.95. The van der Waals surface area contributed by atoms with Crippen LogP contribution in [0.3, 0.4) is 0 Å². The maximum atomic E-state index is 11.6. The van der Waals surface area contributed by atoms with Crippen LogP contribution in [0.1, 0.15) is 27.7 Å². The average Bonchev–Trinajstić information content (AvgIpc) is 2.25. The summed E-state index contributed by atoms with van der Waals surface area (Å²) in [5, 5.41) is 0. The predicted molar refractivity (Wildman–Crippen MR) is 73.8 cm³/mol. The van der Waals surface area contributed by atoms with Gasteiger partial charge in [0.2, 0.25) is 0 Å². The molecule has 0 unspecified atom stereocenters. The molecule has 0 heterocycles. The highest BCUT2D eigenvalue weighted by Gasteiger charge is 2.15. The standard InChI is InChI=1S/C12H22O8S/c1-9(2)19-11(13)17-5-7-21(15,16)8-6-18-12(14)20-10(3)4/h9-10H,5-8H2,1-4H3.